The van der Waals surface area contributed by atoms with Crippen LogP contribution >= 0.6 is 0 Å². The molecule has 13 heavy (non-hydrogen) atoms. The molecule has 2 heteroatoms. The van der Waals surface area contributed by atoms with E-state index in [0.29, 0.717) is 5.92 Å². The fourth-order valence-corrected chi connectivity index (χ4v) is 1.47. The molecule has 2 nitrogen and oxygen atoms in total. The maximum absolute atomic E-state index is 9.02. The van der Waals surface area contributed by atoms with Crippen LogP contribution in [-0.4, -0.2) is 5.11 Å². The van der Waals surface area contributed by atoms with Crippen LogP contribution in [0, 0.1) is 6.92 Å². The Bertz CT molecular complexity index is 305. The standard InChI is InChI=1S/C11H17NO/c1-7(2)10-5-9(6-13)4-8(3)11(10)12/h4-5,7,13H,6,12H2,1-3H3. The van der Waals surface area contributed by atoms with Crippen molar-refractivity contribution in [3.63, 3.8) is 0 Å². The van der Waals surface area contributed by atoms with Gasteiger partial charge in [-0.2, -0.15) is 0 Å². The summed E-state index contributed by atoms with van der Waals surface area (Å²) in [5, 5.41) is 9.02. The number of aryl methyl sites for hydroxylation is 1. The fourth-order valence-electron chi connectivity index (χ4n) is 1.47. The Kier molecular flexibility index (Phi) is 2.94. The van der Waals surface area contributed by atoms with Gasteiger partial charge in [0.2, 0.25) is 0 Å². The van der Waals surface area contributed by atoms with Gasteiger partial charge in [-0.25, -0.2) is 0 Å². The largest absolute Gasteiger partial charge is 0.398 e. The summed E-state index contributed by atoms with van der Waals surface area (Å²) in [4.78, 5) is 0. The predicted molar refractivity (Wildman–Crippen MR) is 55.6 cm³/mol. The lowest BCUT2D eigenvalue weighted by atomic mass is 9.96. The van der Waals surface area contributed by atoms with E-state index in [0.717, 1.165) is 22.4 Å². The number of rotatable bonds is 2. The highest BCUT2D eigenvalue weighted by Gasteiger charge is 2.07. The van der Waals surface area contributed by atoms with Gasteiger partial charge in [0.1, 0.15) is 0 Å². The Hall–Kier alpha value is -1.02. The number of nitrogen functional groups attached to an aromatic ring is 1. The van der Waals surface area contributed by atoms with E-state index in [1.54, 1.807) is 0 Å². The monoisotopic (exact) mass is 179 g/mol. The molecule has 0 saturated carbocycles. The average molecular weight is 179 g/mol. The summed E-state index contributed by atoms with van der Waals surface area (Å²) in [5.74, 6) is 0.408. The number of benzene rings is 1. The number of nitrogens with two attached hydrogens (primary N) is 1. The lowest BCUT2D eigenvalue weighted by Gasteiger charge is -2.13. The van der Waals surface area contributed by atoms with Crippen LogP contribution in [0.25, 0.3) is 0 Å². The first-order valence-electron chi connectivity index (χ1n) is 4.56. The minimum Gasteiger partial charge on any atom is -0.398 e. The smallest absolute Gasteiger partial charge is 0.0682 e. The summed E-state index contributed by atoms with van der Waals surface area (Å²) in [6, 6.07) is 3.91. The Labute approximate surface area is 79.4 Å². The summed E-state index contributed by atoms with van der Waals surface area (Å²) >= 11 is 0. The van der Waals surface area contributed by atoms with Crippen LogP contribution in [0.2, 0.25) is 0 Å². The van der Waals surface area contributed by atoms with Gasteiger partial charge in [-0.15, -0.1) is 0 Å². The minimum atomic E-state index is 0.0842. The lowest BCUT2D eigenvalue weighted by Crippen LogP contribution is -2.01. The average Bonchev–Trinajstić information content (AvgIpc) is 2.09. The van der Waals surface area contributed by atoms with Crippen molar-refractivity contribution in [1.29, 1.82) is 0 Å². The third-order valence-electron chi connectivity index (χ3n) is 2.28. The Morgan fingerprint density at radius 3 is 2.46 bits per heavy atom. The molecule has 0 aromatic heterocycles. The van der Waals surface area contributed by atoms with Gasteiger partial charge in [-0.1, -0.05) is 26.0 Å². The molecule has 0 atom stereocenters. The topological polar surface area (TPSA) is 46.2 Å². The van der Waals surface area contributed by atoms with Crippen molar-refractivity contribution in [2.75, 3.05) is 5.73 Å². The van der Waals surface area contributed by atoms with E-state index in [-0.39, 0.29) is 6.61 Å². The van der Waals surface area contributed by atoms with Crippen LogP contribution in [-0.2, 0) is 6.61 Å². The first-order valence-corrected chi connectivity index (χ1v) is 4.56. The maximum Gasteiger partial charge on any atom is 0.0682 e. The van der Waals surface area contributed by atoms with Gasteiger partial charge in [-0.05, 0) is 29.5 Å². The summed E-state index contributed by atoms with van der Waals surface area (Å²) in [6.45, 7) is 6.26. The van der Waals surface area contributed by atoms with Gasteiger partial charge in [0.25, 0.3) is 0 Å². The lowest BCUT2D eigenvalue weighted by molar-refractivity contribution is 0.281. The third-order valence-corrected chi connectivity index (χ3v) is 2.28. The van der Waals surface area contributed by atoms with Crippen molar-refractivity contribution in [2.24, 2.45) is 0 Å². The second kappa shape index (κ2) is 3.79. The molecule has 0 saturated heterocycles. The number of aliphatic hydroxyl groups excluding tert-OH is 1. The van der Waals surface area contributed by atoms with Crippen LogP contribution < -0.4 is 5.73 Å². The normalized spacial score (nSPS) is 10.8. The third kappa shape index (κ3) is 2.01. The highest BCUT2D eigenvalue weighted by Crippen LogP contribution is 2.26. The molecule has 1 aromatic rings. The summed E-state index contributed by atoms with van der Waals surface area (Å²) in [5.41, 5.74) is 9.90. The zero-order valence-corrected chi connectivity index (χ0v) is 8.46. The van der Waals surface area contributed by atoms with Crippen LogP contribution in [0.4, 0.5) is 5.69 Å². The van der Waals surface area contributed by atoms with E-state index in [1.807, 2.05) is 19.1 Å². The molecule has 0 unspecified atom stereocenters. The number of anilines is 1. The SMILES string of the molecule is Cc1cc(CO)cc(C(C)C)c1N. The highest BCUT2D eigenvalue weighted by molar-refractivity contribution is 5.56. The quantitative estimate of drug-likeness (QED) is 0.684. The Balaban J connectivity index is 3.25. The van der Waals surface area contributed by atoms with Gasteiger partial charge < -0.3 is 10.8 Å². The van der Waals surface area contributed by atoms with Crippen molar-refractivity contribution in [2.45, 2.75) is 33.3 Å². The van der Waals surface area contributed by atoms with E-state index in [9.17, 15) is 0 Å². The molecule has 0 fully saturated rings. The molecule has 0 heterocycles. The number of hydrogen-bond donors (Lipinski definition) is 2. The minimum absolute atomic E-state index is 0.0842. The second-order valence-corrected chi connectivity index (χ2v) is 3.73. The summed E-state index contributed by atoms with van der Waals surface area (Å²) in [7, 11) is 0. The van der Waals surface area contributed by atoms with E-state index < -0.39 is 0 Å². The van der Waals surface area contributed by atoms with Gasteiger partial charge in [0.15, 0.2) is 0 Å². The van der Waals surface area contributed by atoms with E-state index in [1.165, 1.54) is 0 Å². The zero-order valence-electron chi connectivity index (χ0n) is 8.46. The van der Waals surface area contributed by atoms with Crippen molar-refractivity contribution in [1.82, 2.24) is 0 Å². The molecule has 0 bridgehead atoms. The highest BCUT2D eigenvalue weighted by atomic mass is 16.3. The van der Waals surface area contributed by atoms with Gasteiger partial charge >= 0.3 is 0 Å². The van der Waals surface area contributed by atoms with E-state index in [4.69, 9.17) is 10.8 Å². The molecule has 1 aromatic carbocycles. The molecule has 0 aliphatic carbocycles. The number of hydrogen-bond acceptors (Lipinski definition) is 2. The van der Waals surface area contributed by atoms with Crippen molar-refractivity contribution < 1.29 is 5.11 Å². The van der Waals surface area contributed by atoms with Gasteiger partial charge in [-0.3, -0.25) is 0 Å². The molecule has 1 rings (SSSR count). The second-order valence-electron chi connectivity index (χ2n) is 3.73. The van der Waals surface area contributed by atoms with Crippen LogP contribution in [0.15, 0.2) is 12.1 Å². The zero-order chi connectivity index (χ0) is 10.0. The van der Waals surface area contributed by atoms with Crippen molar-refractivity contribution in [3.05, 3.63) is 28.8 Å². The predicted octanol–water partition coefficient (Wildman–Crippen LogP) is 2.19. The molecule has 0 aliphatic rings. The van der Waals surface area contributed by atoms with E-state index in [2.05, 4.69) is 13.8 Å². The first-order chi connectivity index (χ1) is 6.06. The molecule has 72 valence electrons. The van der Waals surface area contributed by atoms with Crippen LogP contribution in [0.5, 0.6) is 0 Å². The Morgan fingerprint density at radius 1 is 1.38 bits per heavy atom. The molecular formula is C11H17NO. The fraction of sp³-hybridized carbons (Fsp3) is 0.455. The summed E-state index contributed by atoms with van der Waals surface area (Å²) < 4.78 is 0. The van der Waals surface area contributed by atoms with Crippen LogP contribution in [0.3, 0.4) is 0 Å². The van der Waals surface area contributed by atoms with E-state index >= 15 is 0 Å². The molecule has 0 spiro atoms. The molecule has 0 aliphatic heterocycles. The molecule has 0 radical (unpaired) electrons. The van der Waals surface area contributed by atoms with Crippen molar-refractivity contribution in [3.8, 4) is 0 Å². The van der Waals surface area contributed by atoms with Gasteiger partial charge in [0, 0.05) is 5.69 Å². The van der Waals surface area contributed by atoms with Gasteiger partial charge in [0.05, 0.1) is 6.61 Å². The van der Waals surface area contributed by atoms with Crippen molar-refractivity contribution >= 4 is 5.69 Å². The Morgan fingerprint density at radius 2 is 2.00 bits per heavy atom. The van der Waals surface area contributed by atoms with Crippen LogP contribution in [0.1, 0.15) is 36.5 Å². The summed E-state index contributed by atoms with van der Waals surface area (Å²) in [6.07, 6.45) is 0. The molecular weight excluding hydrogens is 162 g/mol. The first kappa shape index (κ1) is 10.1. The number of aliphatic hydroxyl groups is 1. The maximum atomic E-state index is 9.02. The molecule has 3 N–H and O–H groups in total. The molecule has 0 amide bonds.